The molecule has 1 aromatic heterocycles. The Kier molecular flexibility index (Phi) is 8.26. The second-order valence-electron chi connectivity index (χ2n) is 9.47. The third-order valence-corrected chi connectivity index (χ3v) is 5.76. The third-order valence-electron chi connectivity index (χ3n) is 5.76. The van der Waals surface area contributed by atoms with E-state index in [4.69, 9.17) is 9.47 Å². The van der Waals surface area contributed by atoms with Crippen LogP contribution in [0.25, 0.3) is 0 Å². The Labute approximate surface area is 204 Å². The van der Waals surface area contributed by atoms with Gasteiger partial charge in [-0.2, -0.15) is 0 Å². The molecule has 1 aliphatic rings. The van der Waals surface area contributed by atoms with E-state index in [0.717, 1.165) is 0 Å². The lowest BCUT2D eigenvalue weighted by Gasteiger charge is -2.32. The Morgan fingerprint density at radius 2 is 1.91 bits per heavy atom. The fourth-order valence-corrected chi connectivity index (χ4v) is 4.01. The van der Waals surface area contributed by atoms with Gasteiger partial charge in [0.2, 0.25) is 0 Å². The number of hydrogen-bond acceptors (Lipinski definition) is 6. The molecule has 35 heavy (non-hydrogen) atoms. The fourth-order valence-electron chi connectivity index (χ4n) is 4.01. The minimum absolute atomic E-state index is 0.0514. The van der Waals surface area contributed by atoms with E-state index in [1.165, 1.54) is 27.7 Å². The van der Waals surface area contributed by atoms with Crippen molar-refractivity contribution >= 4 is 12.0 Å². The van der Waals surface area contributed by atoms with Crippen molar-refractivity contribution in [1.82, 2.24) is 19.8 Å². The van der Waals surface area contributed by atoms with E-state index in [1.54, 1.807) is 40.0 Å². The van der Waals surface area contributed by atoms with Crippen LogP contribution in [0.2, 0.25) is 0 Å². The molecule has 10 heteroatoms. The van der Waals surface area contributed by atoms with Gasteiger partial charge in [0.05, 0.1) is 18.7 Å². The average molecular weight is 489 g/mol. The van der Waals surface area contributed by atoms with Gasteiger partial charge in [-0.1, -0.05) is 12.1 Å². The van der Waals surface area contributed by atoms with Crippen LogP contribution in [0, 0.1) is 5.82 Å². The molecule has 2 aromatic rings. The van der Waals surface area contributed by atoms with Gasteiger partial charge in [0.1, 0.15) is 22.9 Å². The zero-order valence-corrected chi connectivity index (χ0v) is 20.8. The number of benzene rings is 1. The fraction of sp³-hybridized carbons (Fsp3) is 0.520. The van der Waals surface area contributed by atoms with Crippen LogP contribution in [0.3, 0.4) is 0 Å². The molecule has 0 spiro atoms. The topological polar surface area (TPSA) is 103 Å². The molecule has 0 saturated heterocycles. The molecule has 1 unspecified atom stereocenters. The predicted octanol–water partition coefficient (Wildman–Crippen LogP) is 3.42. The zero-order chi connectivity index (χ0) is 25.8. The van der Waals surface area contributed by atoms with E-state index >= 15 is 0 Å². The lowest BCUT2D eigenvalue weighted by Crippen LogP contribution is -2.41. The highest BCUT2D eigenvalue weighted by molar-refractivity contribution is 5.92. The Bertz CT molecular complexity index is 1110. The summed E-state index contributed by atoms with van der Waals surface area (Å²) in [5.74, 6) is -0.593. The number of nitrogens with zero attached hydrogens (tertiary/aromatic N) is 3. The summed E-state index contributed by atoms with van der Waals surface area (Å²) in [6.07, 6.45) is 0.315. The smallest absolute Gasteiger partial charge is 0.410 e. The summed E-state index contributed by atoms with van der Waals surface area (Å²) in [5.41, 5.74) is -0.450. The summed E-state index contributed by atoms with van der Waals surface area (Å²) < 4.78 is 25.7. The number of ether oxygens (including phenoxy) is 2. The van der Waals surface area contributed by atoms with Gasteiger partial charge in [-0.25, -0.2) is 14.2 Å². The van der Waals surface area contributed by atoms with E-state index in [1.807, 2.05) is 6.92 Å². The van der Waals surface area contributed by atoms with Crippen LogP contribution in [0.5, 0.6) is 0 Å². The molecular weight excluding hydrogens is 455 g/mol. The molecule has 2 heterocycles. The molecule has 0 radical (unpaired) electrons. The average Bonchev–Trinajstić information content (AvgIpc) is 2.98. The lowest BCUT2D eigenvalue weighted by atomic mass is 10.1. The number of fused-ring (bicyclic) bond motifs is 1. The molecular formula is C25H33FN4O5. The van der Waals surface area contributed by atoms with Crippen LogP contribution in [0.1, 0.15) is 68.5 Å². The molecule has 9 nitrogen and oxygen atoms in total. The third kappa shape index (κ3) is 6.66. The van der Waals surface area contributed by atoms with Crippen LogP contribution < -0.4 is 10.9 Å². The van der Waals surface area contributed by atoms with Gasteiger partial charge in [0.25, 0.3) is 11.5 Å². The van der Waals surface area contributed by atoms with Gasteiger partial charge in [-0.05, 0) is 58.2 Å². The number of halogens is 1. The van der Waals surface area contributed by atoms with Crippen LogP contribution in [0.4, 0.5) is 9.18 Å². The molecule has 0 saturated carbocycles. The Morgan fingerprint density at radius 3 is 2.51 bits per heavy atom. The molecule has 1 aliphatic heterocycles. The normalized spacial score (nSPS) is 17.8. The molecule has 0 aliphatic carbocycles. The number of carbonyl (C=O) groups is 2. The summed E-state index contributed by atoms with van der Waals surface area (Å²) in [6, 6.07) is 6.35. The first kappa shape index (κ1) is 26.3. The molecule has 190 valence electrons. The second-order valence-corrected chi connectivity index (χ2v) is 9.47. The minimum Gasteiger partial charge on any atom is -0.444 e. The standard InChI is InChI=1S/C25H33FN4O5/c1-6-29(24(33)35-25(2,3)4)20-12-11-18(34-5)15-30-21(31)13-19(28-22(20)30)23(32)27-14-16-7-9-17(26)10-8-16/h7-10,13,18,20H,6,11-12,14-15H2,1-5H3,(H,27,32)/t18-,20?/m0/s1. The first-order valence-corrected chi connectivity index (χ1v) is 11.7. The lowest BCUT2D eigenvalue weighted by molar-refractivity contribution is 0.0139. The molecule has 2 atom stereocenters. The monoisotopic (exact) mass is 488 g/mol. The molecule has 3 rings (SSSR count). The SMILES string of the molecule is CCN(C(=O)OC(C)(C)C)C1CC[C@H](OC)Cn2c1nc(C(=O)NCc1ccc(F)cc1)cc2=O. The maximum Gasteiger partial charge on any atom is 0.410 e. The van der Waals surface area contributed by atoms with Gasteiger partial charge in [0, 0.05) is 26.3 Å². The van der Waals surface area contributed by atoms with E-state index in [-0.39, 0.29) is 30.7 Å². The van der Waals surface area contributed by atoms with Crippen molar-refractivity contribution in [2.24, 2.45) is 0 Å². The molecule has 0 fully saturated rings. The van der Waals surface area contributed by atoms with Crippen molar-refractivity contribution in [1.29, 1.82) is 0 Å². The number of methoxy groups -OCH3 is 1. The second kappa shape index (κ2) is 11.0. The Hall–Kier alpha value is -3.27. The predicted molar refractivity (Wildman–Crippen MR) is 127 cm³/mol. The van der Waals surface area contributed by atoms with Gasteiger partial charge in [-0.3, -0.25) is 19.1 Å². The maximum absolute atomic E-state index is 13.1. The first-order valence-electron chi connectivity index (χ1n) is 11.7. The molecule has 0 bridgehead atoms. The summed E-state index contributed by atoms with van der Waals surface area (Å²) in [4.78, 5) is 45.0. The van der Waals surface area contributed by atoms with Crippen LogP contribution in [-0.2, 0) is 22.6 Å². The zero-order valence-electron chi connectivity index (χ0n) is 20.8. The van der Waals surface area contributed by atoms with Crippen molar-refractivity contribution in [3.05, 3.63) is 63.6 Å². The number of carbonyl (C=O) groups excluding carboxylic acids is 2. The summed E-state index contributed by atoms with van der Waals surface area (Å²) in [6.45, 7) is 7.91. The van der Waals surface area contributed by atoms with Gasteiger partial charge in [0.15, 0.2) is 0 Å². The van der Waals surface area contributed by atoms with E-state index < -0.39 is 29.2 Å². The van der Waals surface area contributed by atoms with Crippen molar-refractivity contribution in [3.8, 4) is 0 Å². The van der Waals surface area contributed by atoms with Crippen molar-refractivity contribution in [2.75, 3.05) is 13.7 Å². The van der Waals surface area contributed by atoms with Crippen LogP contribution >= 0.6 is 0 Å². The minimum atomic E-state index is -0.695. The van der Waals surface area contributed by atoms with E-state index in [0.29, 0.717) is 30.8 Å². The van der Waals surface area contributed by atoms with Crippen molar-refractivity contribution in [2.45, 2.75) is 71.4 Å². The molecule has 2 amide bonds. The Morgan fingerprint density at radius 1 is 1.23 bits per heavy atom. The summed E-state index contributed by atoms with van der Waals surface area (Å²) in [5, 5.41) is 2.71. The van der Waals surface area contributed by atoms with Gasteiger partial charge in [-0.15, -0.1) is 0 Å². The Balaban J connectivity index is 1.95. The molecule has 1 aromatic carbocycles. The number of rotatable bonds is 6. The number of nitrogens with one attached hydrogen (secondary N) is 1. The van der Waals surface area contributed by atoms with Gasteiger partial charge >= 0.3 is 6.09 Å². The summed E-state index contributed by atoms with van der Waals surface area (Å²) >= 11 is 0. The van der Waals surface area contributed by atoms with Crippen LogP contribution in [-0.4, -0.2) is 51.8 Å². The molecule has 1 N–H and O–H groups in total. The highest BCUT2D eigenvalue weighted by Crippen LogP contribution is 2.30. The van der Waals surface area contributed by atoms with Crippen molar-refractivity contribution in [3.63, 3.8) is 0 Å². The number of amides is 2. The van der Waals surface area contributed by atoms with Gasteiger partial charge < -0.3 is 14.8 Å². The quantitative estimate of drug-likeness (QED) is 0.669. The van der Waals surface area contributed by atoms with Crippen LogP contribution in [0.15, 0.2) is 35.1 Å². The summed E-state index contributed by atoms with van der Waals surface area (Å²) in [7, 11) is 1.58. The highest BCUT2D eigenvalue weighted by Gasteiger charge is 2.35. The maximum atomic E-state index is 13.1. The number of hydrogen-bond donors (Lipinski definition) is 1. The number of aromatic nitrogens is 2. The largest absolute Gasteiger partial charge is 0.444 e. The van der Waals surface area contributed by atoms with E-state index in [9.17, 15) is 18.8 Å². The highest BCUT2D eigenvalue weighted by atomic mass is 19.1. The first-order chi connectivity index (χ1) is 16.5. The van der Waals surface area contributed by atoms with Crippen molar-refractivity contribution < 1.29 is 23.5 Å². The van der Waals surface area contributed by atoms with E-state index in [2.05, 4.69) is 10.3 Å².